The molecule has 0 fully saturated rings. The molecule has 0 saturated carbocycles. The zero-order valence-corrected chi connectivity index (χ0v) is 16.0. The fourth-order valence-electron chi connectivity index (χ4n) is 3.50. The molecule has 5 aromatic rings. The highest BCUT2D eigenvalue weighted by Gasteiger charge is 2.13. The number of rotatable bonds is 5. The molecule has 3 aromatic heterocycles. The molecule has 0 aliphatic heterocycles. The molecule has 8 nitrogen and oxygen atoms in total. The van der Waals surface area contributed by atoms with Crippen LogP contribution in [0.25, 0.3) is 33.1 Å². The van der Waals surface area contributed by atoms with Gasteiger partial charge in [-0.2, -0.15) is 10.2 Å². The minimum absolute atomic E-state index is 0.0691. The first-order valence-corrected chi connectivity index (χ1v) is 9.59. The van der Waals surface area contributed by atoms with E-state index >= 15 is 0 Å². The maximum Gasteiger partial charge on any atom is 0.226 e. The maximum atomic E-state index is 12.2. The number of nitrogens with two attached hydrogens (primary N) is 1. The number of hydrogen-bond donors (Lipinski definition) is 3. The van der Waals surface area contributed by atoms with Crippen molar-refractivity contribution in [3.05, 3.63) is 67.0 Å². The number of carbonyl (C=O) groups excluding carboxylic acids is 1. The first-order chi connectivity index (χ1) is 14.7. The van der Waals surface area contributed by atoms with Gasteiger partial charge in [-0.3, -0.25) is 14.6 Å². The molecule has 0 bridgehead atoms. The second-order valence-corrected chi connectivity index (χ2v) is 7.01. The van der Waals surface area contributed by atoms with E-state index < -0.39 is 0 Å². The lowest BCUT2D eigenvalue weighted by molar-refractivity contribution is -0.116. The van der Waals surface area contributed by atoms with Crippen LogP contribution in [0, 0.1) is 0 Å². The van der Waals surface area contributed by atoms with Crippen LogP contribution < -0.4 is 11.1 Å². The van der Waals surface area contributed by atoms with E-state index in [9.17, 15) is 4.79 Å². The molecular weight excluding hydrogens is 378 g/mol. The molecular formula is C22H19N7O. The van der Waals surface area contributed by atoms with E-state index in [1.165, 1.54) is 0 Å². The van der Waals surface area contributed by atoms with E-state index in [4.69, 9.17) is 5.73 Å². The number of aromatic amines is 1. The van der Waals surface area contributed by atoms with Gasteiger partial charge in [0.15, 0.2) is 5.82 Å². The molecule has 3 heterocycles. The van der Waals surface area contributed by atoms with Gasteiger partial charge in [0.2, 0.25) is 5.91 Å². The van der Waals surface area contributed by atoms with E-state index in [-0.39, 0.29) is 5.91 Å². The Hall–Kier alpha value is -4.20. The predicted octanol–water partition coefficient (Wildman–Crippen LogP) is 3.59. The van der Waals surface area contributed by atoms with E-state index in [1.807, 2.05) is 60.8 Å². The molecule has 2 aromatic carbocycles. The Labute approximate surface area is 171 Å². The monoisotopic (exact) mass is 397 g/mol. The number of carbonyl (C=O) groups is 1. The van der Waals surface area contributed by atoms with Crippen LogP contribution in [0.5, 0.6) is 0 Å². The van der Waals surface area contributed by atoms with Crippen LogP contribution in [-0.2, 0) is 11.3 Å². The number of amides is 1. The van der Waals surface area contributed by atoms with Crippen molar-refractivity contribution in [3.8, 4) is 11.3 Å². The van der Waals surface area contributed by atoms with E-state index in [2.05, 4.69) is 25.6 Å². The molecule has 0 radical (unpaired) electrons. The molecule has 0 saturated heterocycles. The van der Waals surface area contributed by atoms with Crippen LogP contribution in [0.4, 0.5) is 11.5 Å². The number of anilines is 2. The third-order valence-corrected chi connectivity index (χ3v) is 4.96. The Morgan fingerprint density at radius 1 is 1.10 bits per heavy atom. The summed E-state index contributed by atoms with van der Waals surface area (Å²) in [5, 5.41) is 16.3. The number of nitrogens with zero attached hydrogens (tertiary/aromatic N) is 4. The predicted molar refractivity (Wildman–Crippen MR) is 117 cm³/mol. The molecule has 0 aliphatic carbocycles. The van der Waals surface area contributed by atoms with Gasteiger partial charge in [0, 0.05) is 47.4 Å². The summed E-state index contributed by atoms with van der Waals surface area (Å²) < 4.78 is 1.74. The average Bonchev–Trinajstić information content (AvgIpc) is 3.43. The molecule has 0 atom stereocenters. The second-order valence-electron chi connectivity index (χ2n) is 7.01. The lowest BCUT2D eigenvalue weighted by Crippen LogP contribution is -2.14. The van der Waals surface area contributed by atoms with Gasteiger partial charge in [0.05, 0.1) is 11.2 Å². The fraction of sp³-hybridized carbons (Fsp3) is 0.0909. The molecule has 0 spiro atoms. The van der Waals surface area contributed by atoms with E-state index in [0.29, 0.717) is 24.3 Å². The Balaban J connectivity index is 1.41. The van der Waals surface area contributed by atoms with E-state index in [0.717, 1.165) is 33.2 Å². The summed E-state index contributed by atoms with van der Waals surface area (Å²) in [7, 11) is 0. The number of nitrogens with one attached hydrogen (secondary N) is 2. The van der Waals surface area contributed by atoms with Crippen molar-refractivity contribution in [1.82, 2.24) is 25.0 Å². The maximum absolute atomic E-state index is 12.2. The number of para-hydroxylation sites is 1. The number of fused-ring (bicyclic) bond motifs is 3. The largest absolute Gasteiger partial charge is 0.382 e. The van der Waals surface area contributed by atoms with Crippen molar-refractivity contribution in [1.29, 1.82) is 0 Å². The molecule has 4 N–H and O–H groups in total. The highest BCUT2D eigenvalue weighted by molar-refractivity contribution is 6.08. The topological polar surface area (TPSA) is 115 Å². The van der Waals surface area contributed by atoms with Gasteiger partial charge in [-0.15, -0.1) is 0 Å². The van der Waals surface area contributed by atoms with Crippen LogP contribution in [0.15, 0.2) is 67.0 Å². The smallest absolute Gasteiger partial charge is 0.226 e. The quantitative estimate of drug-likeness (QED) is 0.419. The first kappa shape index (κ1) is 17.9. The van der Waals surface area contributed by atoms with Gasteiger partial charge in [-0.25, -0.2) is 4.98 Å². The minimum Gasteiger partial charge on any atom is -0.382 e. The normalized spacial score (nSPS) is 11.2. The highest BCUT2D eigenvalue weighted by Crippen LogP contribution is 2.30. The summed E-state index contributed by atoms with van der Waals surface area (Å²) in [6, 6.07) is 17.3. The van der Waals surface area contributed by atoms with Crippen LogP contribution in [0.2, 0.25) is 0 Å². The molecule has 8 heteroatoms. The Bertz CT molecular complexity index is 1340. The van der Waals surface area contributed by atoms with Gasteiger partial charge in [-0.05, 0) is 24.3 Å². The molecule has 5 rings (SSSR count). The number of H-pyrrole nitrogens is 1. The van der Waals surface area contributed by atoms with Crippen molar-refractivity contribution >= 4 is 39.2 Å². The molecule has 0 unspecified atom stereocenters. The Morgan fingerprint density at radius 3 is 2.77 bits per heavy atom. The SMILES string of the molecule is Nc1nc2cc(-c3cc[nH]n3)ccc2c2cn(CCC(=O)Nc3ccccc3)nc12. The second kappa shape index (κ2) is 7.32. The summed E-state index contributed by atoms with van der Waals surface area (Å²) in [6.45, 7) is 0.444. The zero-order valence-electron chi connectivity index (χ0n) is 16.0. The van der Waals surface area contributed by atoms with Crippen LogP contribution in [-0.4, -0.2) is 30.9 Å². The van der Waals surface area contributed by atoms with Crippen molar-refractivity contribution in [2.75, 3.05) is 11.1 Å². The number of hydrogen-bond acceptors (Lipinski definition) is 5. The van der Waals surface area contributed by atoms with Gasteiger partial charge in [-0.1, -0.05) is 30.3 Å². The van der Waals surface area contributed by atoms with Crippen molar-refractivity contribution < 1.29 is 4.79 Å². The zero-order chi connectivity index (χ0) is 20.5. The Morgan fingerprint density at radius 2 is 1.97 bits per heavy atom. The molecule has 148 valence electrons. The third kappa shape index (κ3) is 3.35. The lowest BCUT2D eigenvalue weighted by atomic mass is 10.1. The Kier molecular flexibility index (Phi) is 4.36. The van der Waals surface area contributed by atoms with Crippen LogP contribution >= 0.6 is 0 Å². The molecule has 30 heavy (non-hydrogen) atoms. The average molecular weight is 397 g/mol. The minimum atomic E-state index is -0.0691. The molecule has 1 amide bonds. The molecule has 0 aliphatic rings. The van der Waals surface area contributed by atoms with Crippen LogP contribution in [0.1, 0.15) is 6.42 Å². The van der Waals surface area contributed by atoms with Crippen molar-refractivity contribution in [2.24, 2.45) is 0 Å². The van der Waals surface area contributed by atoms with E-state index in [1.54, 1.807) is 10.9 Å². The fourth-order valence-corrected chi connectivity index (χ4v) is 3.50. The summed E-state index contributed by atoms with van der Waals surface area (Å²) in [6.07, 6.45) is 4.00. The van der Waals surface area contributed by atoms with Gasteiger partial charge < -0.3 is 11.1 Å². The first-order valence-electron chi connectivity index (χ1n) is 9.59. The highest BCUT2D eigenvalue weighted by atomic mass is 16.1. The number of pyridine rings is 1. The van der Waals surface area contributed by atoms with Gasteiger partial charge in [0.25, 0.3) is 0 Å². The summed E-state index contributed by atoms with van der Waals surface area (Å²) in [5.74, 6) is 0.296. The summed E-state index contributed by atoms with van der Waals surface area (Å²) in [4.78, 5) is 16.8. The number of benzene rings is 2. The van der Waals surface area contributed by atoms with Gasteiger partial charge in [0.1, 0.15) is 5.52 Å². The number of aromatic nitrogens is 5. The standard InChI is InChI=1S/C22H19N7O/c23-22-21-17(16-7-6-14(12-19(16)26-22)18-8-10-24-27-18)13-29(28-21)11-9-20(30)25-15-4-2-1-3-5-15/h1-8,10,12-13H,9,11H2,(H2,23,26)(H,24,27)(H,25,30). The third-order valence-electron chi connectivity index (χ3n) is 4.96. The number of nitrogen functional groups attached to an aromatic ring is 1. The lowest BCUT2D eigenvalue weighted by Gasteiger charge is -2.04. The van der Waals surface area contributed by atoms with Gasteiger partial charge >= 0.3 is 0 Å². The number of aryl methyl sites for hydroxylation is 1. The van der Waals surface area contributed by atoms with Crippen molar-refractivity contribution in [2.45, 2.75) is 13.0 Å². The van der Waals surface area contributed by atoms with Crippen molar-refractivity contribution in [3.63, 3.8) is 0 Å². The summed E-state index contributed by atoms with van der Waals surface area (Å²) >= 11 is 0. The van der Waals surface area contributed by atoms with Crippen LogP contribution in [0.3, 0.4) is 0 Å². The summed E-state index contributed by atoms with van der Waals surface area (Å²) in [5.41, 5.74) is 10.2.